The fraction of sp³-hybridized carbons (Fsp3) is 0.767. The summed E-state index contributed by atoms with van der Waals surface area (Å²) in [5.41, 5.74) is -0.440. The Morgan fingerprint density at radius 1 is 1.16 bits per heavy atom. The second-order valence-corrected chi connectivity index (χ2v) is 13.6. The molecule has 0 aromatic rings. The lowest BCUT2D eigenvalue weighted by molar-refractivity contribution is -0.154. The Morgan fingerprint density at radius 3 is 2.50 bits per heavy atom. The van der Waals surface area contributed by atoms with E-state index in [-0.39, 0.29) is 35.6 Å². The molecule has 3 aliphatic heterocycles. The molecular formula is C30H48N2O5S. The molecule has 3 heterocycles. The Morgan fingerprint density at radius 2 is 1.87 bits per heavy atom. The second kappa shape index (κ2) is 13.0. The third-order valence-electron chi connectivity index (χ3n) is 8.49. The van der Waals surface area contributed by atoms with E-state index in [1.165, 1.54) is 0 Å². The van der Waals surface area contributed by atoms with Gasteiger partial charge in [0.15, 0.2) is 0 Å². The van der Waals surface area contributed by atoms with Crippen LogP contribution in [-0.4, -0.2) is 80.6 Å². The van der Waals surface area contributed by atoms with Gasteiger partial charge in [0.05, 0.1) is 23.2 Å². The van der Waals surface area contributed by atoms with Crippen LogP contribution in [0.1, 0.15) is 79.1 Å². The predicted molar refractivity (Wildman–Crippen MR) is 153 cm³/mol. The van der Waals surface area contributed by atoms with E-state index in [1.807, 2.05) is 31.7 Å². The lowest BCUT2D eigenvalue weighted by atomic mass is 9.66. The van der Waals surface area contributed by atoms with Gasteiger partial charge in [-0.3, -0.25) is 14.4 Å². The number of thioether (sulfide) groups is 1. The summed E-state index contributed by atoms with van der Waals surface area (Å²) in [6.07, 6.45) is 10.2. The Bertz CT molecular complexity index is 886. The molecule has 3 rings (SSSR count). The van der Waals surface area contributed by atoms with E-state index in [0.29, 0.717) is 19.7 Å². The van der Waals surface area contributed by atoms with Gasteiger partial charge >= 0.3 is 5.97 Å². The van der Waals surface area contributed by atoms with Crippen molar-refractivity contribution >= 4 is 29.5 Å². The van der Waals surface area contributed by atoms with Gasteiger partial charge in [-0.05, 0) is 65.2 Å². The molecule has 0 aromatic heterocycles. The van der Waals surface area contributed by atoms with Crippen molar-refractivity contribution in [2.75, 3.05) is 26.3 Å². The van der Waals surface area contributed by atoms with Crippen LogP contribution in [0.4, 0.5) is 0 Å². The highest BCUT2D eigenvalue weighted by molar-refractivity contribution is 8.02. The number of aliphatic hydroxyl groups is 1. The van der Waals surface area contributed by atoms with Crippen molar-refractivity contribution in [3.05, 3.63) is 25.3 Å². The van der Waals surface area contributed by atoms with Crippen molar-refractivity contribution in [1.82, 2.24) is 9.80 Å². The van der Waals surface area contributed by atoms with Gasteiger partial charge in [-0.25, -0.2) is 0 Å². The zero-order valence-electron chi connectivity index (χ0n) is 23.8. The van der Waals surface area contributed by atoms with Crippen molar-refractivity contribution in [2.45, 2.75) is 101 Å². The van der Waals surface area contributed by atoms with Crippen LogP contribution < -0.4 is 0 Å². The average Bonchev–Trinajstić information content (AvgIpc) is 3.45. The number of carbonyl (C=O) groups is 3. The number of carbonyl (C=O) groups excluding carboxylic acids is 3. The summed E-state index contributed by atoms with van der Waals surface area (Å²) >= 11 is 1.70. The quantitative estimate of drug-likeness (QED) is 0.183. The fourth-order valence-corrected chi connectivity index (χ4v) is 9.09. The number of unbranched alkanes of at least 4 members (excludes halogenated alkanes) is 5. The number of likely N-dealkylation sites (tertiary alicyclic amines) is 1. The van der Waals surface area contributed by atoms with E-state index in [1.54, 1.807) is 22.7 Å². The van der Waals surface area contributed by atoms with Crippen LogP contribution in [0.2, 0.25) is 0 Å². The summed E-state index contributed by atoms with van der Waals surface area (Å²) in [6, 6.07) is -0.618. The van der Waals surface area contributed by atoms with E-state index < -0.39 is 28.2 Å². The smallest absolute Gasteiger partial charge is 0.310 e. The molecule has 0 aromatic carbocycles. The molecule has 3 unspecified atom stereocenters. The maximum atomic E-state index is 14.4. The number of allylic oxidation sites excluding steroid dienone is 1. The number of hydrogen-bond acceptors (Lipinski definition) is 6. The van der Waals surface area contributed by atoms with Crippen molar-refractivity contribution in [3.63, 3.8) is 0 Å². The Kier molecular flexibility index (Phi) is 10.5. The molecule has 214 valence electrons. The van der Waals surface area contributed by atoms with Crippen molar-refractivity contribution in [3.8, 4) is 0 Å². The van der Waals surface area contributed by atoms with Gasteiger partial charge in [-0.15, -0.1) is 24.9 Å². The monoisotopic (exact) mass is 548 g/mol. The van der Waals surface area contributed by atoms with Crippen LogP contribution in [0.15, 0.2) is 25.3 Å². The largest absolute Gasteiger partial charge is 0.465 e. The van der Waals surface area contributed by atoms with Crippen LogP contribution >= 0.6 is 11.8 Å². The second-order valence-electron chi connectivity index (χ2n) is 12.1. The van der Waals surface area contributed by atoms with Gasteiger partial charge in [0.25, 0.3) is 0 Å². The third-order valence-corrected chi connectivity index (χ3v) is 10.6. The van der Waals surface area contributed by atoms with Gasteiger partial charge in [-0.2, -0.15) is 0 Å². The minimum Gasteiger partial charge on any atom is -0.465 e. The Hall–Kier alpha value is -1.80. The molecule has 8 heteroatoms. The number of nitrogens with zero attached hydrogens (tertiary/aromatic N) is 2. The summed E-state index contributed by atoms with van der Waals surface area (Å²) in [4.78, 5) is 45.6. The number of ether oxygens (including phenoxy) is 1. The highest BCUT2D eigenvalue weighted by Crippen LogP contribution is 2.68. The van der Waals surface area contributed by atoms with Gasteiger partial charge in [-0.1, -0.05) is 31.9 Å². The van der Waals surface area contributed by atoms with Crippen molar-refractivity contribution in [2.24, 2.45) is 17.8 Å². The summed E-state index contributed by atoms with van der Waals surface area (Å²) in [5, 5.41) is 9.13. The lowest BCUT2D eigenvalue weighted by Crippen LogP contribution is -2.60. The van der Waals surface area contributed by atoms with Crippen molar-refractivity contribution < 1.29 is 24.2 Å². The molecule has 0 radical (unpaired) electrons. The van der Waals surface area contributed by atoms with E-state index in [4.69, 9.17) is 9.84 Å². The summed E-state index contributed by atoms with van der Waals surface area (Å²) < 4.78 is 5.08. The van der Waals surface area contributed by atoms with Gasteiger partial charge in [0.1, 0.15) is 6.04 Å². The zero-order chi connectivity index (χ0) is 28.1. The number of hydrogen-bond donors (Lipinski definition) is 1. The molecule has 3 aliphatic rings. The standard InChI is InChI=1S/C30H48N2O5S/c1-7-9-10-15-19-37-28(36)23-22-20-21(3)30(38-22)24(23)26(34)31(17-13-11-12-14-18-33)25(30)27(35)32(16-8-2)29(4,5)6/h7-8,21-25,33H,1-2,9-20H2,3-6H3/t21?,22-,23+,24+,25?,30?/m1/s1. The molecular weight excluding hydrogens is 500 g/mol. The first-order valence-electron chi connectivity index (χ1n) is 14.3. The number of fused-ring (bicyclic) bond motifs is 1. The minimum absolute atomic E-state index is 0.0101. The average molecular weight is 549 g/mol. The first-order valence-corrected chi connectivity index (χ1v) is 15.2. The van der Waals surface area contributed by atoms with Gasteiger partial charge in [0, 0.05) is 30.5 Å². The van der Waals surface area contributed by atoms with Crippen LogP contribution in [0.5, 0.6) is 0 Å². The molecule has 1 spiro atoms. The SMILES string of the molecule is C=CCCCCOC(=O)[C@@H]1[C@H]2C(=O)N(CCCCCCO)C(C(=O)N(CC=C)C(C)(C)C)C23S[C@@H]1CC3C. The fourth-order valence-electron chi connectivity index (χ4n) is 6.69. The highest BCUT2D eigenvalue weighted by atomic mass is 32.2. The van der Waals surface area contributed by atoms with Crippen LogP contribution in [0.25, 0.3) is 0 Å². The molecule has 3 saturated heterocycles. The summed E-state index contributed by atoms with van der Waals surface area (Å²) in [5.74, 6) is -1.35. The third kappa shape index (κ3) is 5.86. The van der Waals surface area contributed by atoms with Gasteiger partial charge < -0.3 is 19.6 Å². The van der Waals surface area contributed by atoms with E-state index in [0.717, 1.165) is 51.4 Å². The molecule has 2 amide bonds. The molecule has 0 saturated carbocycles. The van der Waals surface area contributed by atoms with Crippen LogP contribution in [0, 0.1) is 17.8 Å². The van der Waals surface area contributed by atoms with Gasteiger partial charge in [0.2, 0.25) is 11.8 Å². The Balaban J connectivity index is 1.92. The summed E-state index contributed by atoms with van der Waals surface area (Å²) in [7, 11) is 0. The molecule has 38 heavy (non-hydrogen) atoms. The Labute approximate surface area is 233 Å². The molecule has 2 bridgehead atoms. The lowest BCUT2D eigenvalue weighted by Gasteiger charge is -2.44. The number of aliphatic hydroxyl groups excluding tert-OH is 1. The normalized spacial score (nSPS) is 29.9. The maximum absolute atomic E-state index is 14.4. The maximum Gasteiger partial charge on any atom is 0.310 e. The molecule has 0 aliphatic carbocycles. The molecule has 1 N–H and O–H groups in total. The highest BCUT2D eigenvalue weighted by Gasteiger charge is 2.76. The van der Waals surface area contributed by atoms with Crippen LogP contribution in [-0.2, 0) is 19.1 Å². The number of esters is 1. The van der Waals surface area contributed by atoms with E-state index >= 15 is 0 Å². The van der Waals surface area contributed by atoms with E-state index in [9.17, 15) is 14.4 Å². The zero-order valence-corrected chi connectivity index (χ0v) is 24.6. The number of amides is 2. The molecule has 3 fully saturated rings. The number of rotatable bonds is 15. The summed E-state index contributed by atoms with van der Waals surface area (Å²) in [6.45, 7) is 17.2. The molecule has 6 atom stereocenters. The van der Waals surface area contributed by atoms with Crippen molar-refractivity contribution in [1.29, 1.82) is 0 Å². The minimum atomic E-state index is -0.638. The van der Waals surface area contributed by atoms with E-state index in [2.05, 4.69) is 20.1 Å². The predicted octanol–water partition coefficient (Wildman–Crippen LogP) is 4.59. The first kappa shape index (κ1) is 30.7. The molecule has 7 nitrogen and oxygen atoms in total. The first-order chi connectivity index (χ1) is 18.1. The topological polar surface area (TPSA) is 87.1 Å². The van der Waals surface area contributed by atoms with Crippen LogP contribution in [0.3, 0.4) is 0 Å².